The fourth-order valence-corrected chi connectivity index (χ4v) is 8.73. The van der Waals surface area contributed by atoms with E-state index in [4.69, 9.17) is 32.8 Å². The van der Waals surface area contributed by atoms with E-state index in [1.165, 1.54) is 19.2 Å². The van der Waals surface area contributed by atoms with Gasteiger partial charge in [0.25, 0.3) is 0 Å². The first-order valence-corrected chi connectivity index (χ1v) is 16.0. The molecule has 4 fully saturated rings. The summed E-state index contributed by atoms with van der Waals surface area (Å²) in [6, 6.07) is 4.34. The quantitative estimate of drug-likeness (QED) is 0.250. The second-order valence-corrected chi connectivity index (χ2v) is 15.7. The minimum Gasteiger partial charge on any atom is -0.496 e. The van der Waals surface area contributed by atoms with Gasteiger partial charge in [0.05, 0.1) is 28.9 Å². The monoisotopic (exact) mass is 652 g/mol. The van der Waals surface area contributed by atoms with E-state index in [0.717, 1.165) is 0 Å². The van der Waals surface area contributed by atoms with Crippen molar-refractivity contribution in [2.45, 2.75) is 110 Å². The maximum Gasteiger partial charge on any atom is 0.351 e. The Morgan fingerprint density at radius 2 is 1.28 bits per heavy atom. The lowest BCUT2D eigenvalue weighted by molar-refractivity contribution is -0.217. The Kier molecular flexibility index (Phi) is 6.08. The van der Waals surface area contributed by atoms with Gasteiger partial charge >= 0.3 is 29.5 Å². The third-order valence-electron chi connectivity index (χ3n) is 13.0. The molecule has 0 N–H and O–H groups in total. The van der Waals surface area contributed by atoms with Crippen molar-refractivity contribution >= 4 is 34.8 Å². The lowest BCUT2D eigenvalue weighted by Gasteiger charge is -2.45. The summed E-state index contributed by atoms with van der Waals surface area (Å²) in [5.41, 5.74) is -8.76. The van der Waals surface area contributed by atoms with Gasteiger partial charge in [0.2, 0.25) is 11.2 Å². The van der Waals surface area contributed by atoms with Gasteiger partial charge < -0.3 is 32.8 Å². The van der Waals surface area contributed by atoms with Gasteiger partial charge in [-0.15, -0.1) is 0 Å². The van der Waals surface area contributed by atoms with Crippen molar-refractivity contribution in [3.63, 3.8) is 0 Å². The van der Waals surface area contributed by atoms with Crippen LogP contribution >= 0.6 is 0 Å². The number of fused-ring (bicyclic) bond motifs is 7. The van der Waals surface area contributed by atoms with E-state index in [9.17, 15) is 24.0 Å². The number of carbonyl (C=O) groups is 4. The van der Waals surface area contributed by atoms with Crippen molar-refractivity contribution in [2.75, 3.05) is 7.11 Å². The first kappa shape index (κ1) is 31.5. The van der Waals surface area contributed by atoms with Crippen LogP contribution in [0.25, 0.3) is 11.0 Å². The summed E-state index contributed by atoms with van der Waals surface area (Å²) in [7, 11) is 1.45. The molecule has 5 aliphatic rings. The molecule has 0 spiro atoms. The van der Waals surface area contributed by atoms with E-state index in [0.29, 0.717) is 24.0 Å². The Bertz CT molecular complexity index is 1850. The van der Waals surface area contributed by atoms with Gasteiger partial charge in [-0.05, 0) is 59.4 Å². The minimum absolute atomic E-state index is 0.0110. The molecule has 2 aromatic rings. The summed E-state index contributed by atoms with van der Waals surface area (Å²) in [6.07, 6.45) is -1.43. The average molecular weight is 653 g/mol. The summed E-state index contributed by atoms with van der Waals surface area (Å²) < 4.78 is 42.0. The van der Waals surface area contributed by atoms with Gasteiger partial charge in [-0.2, -0.15) is 0 Å². The van der Waals surface area contributed by atoms with Crippen molar-refractivity contribution in [2.24, 2.45) is 21.7 Å². The Balaban J connectivity index is 1.38. The van der Waals surface area contributed by atoms with E-state index in [2.05, 4.69) is 0 Å². The van der Waals surface area contributed by atoms with Crippen LogP contribution in [0, 0.1) is 21.7 Å². The van der Waals surface area contributed by atoms with Gasteiger partial charge in [-0.1, -0.05) is 27.7 Å². The molecule has 2 saturated heterocycles. The predicted molar refractivity (Wildman–Crippen MR) is 162 cm³/mol. The maximum atomic E-state index is 14.5. The fourth-order valence-electron chi connectivity index (χ4n) is 8.73. The van der Waals surface area contributed by atoms with E-state index >= 15 is 0 Å². The van der Waals surface area contributed by atoms with Gasteiger partial charge in [-0.25, -0.2) is 14.4 Å². The first-order chi connectivity index (χ1) is 21.7. The third-order valence-corrected chi connectivity index (χ3v) is 13.0. The van der Waals surface area contributed by atoms with Crippen molar-refractivity contribution in [3.05, 3.63) is 34.2 Å². The molecule has 252 valence electrons. The van der Waals surface area contributed by atoms with Crippen LogP contribution in [0.15, 0.2) is 27.4 Å². The van der Waals surface area contributed by atoms with Gasteiger partial charge in [0.15, 0.2) is 17.8 Å². The summed E-state index contributed by atoms with van der Waals surface area (Å²) in [5.74, 6) is -2.09. The average Bonchev–Trinajstić information content (AvgIpc) is 3.45. The zero-order chi connectivity index (χ0) is 34.3. The molecule has 7 rings (SSSR count). The van der Waals surface area contributed by atoms with Crippen molar-refractivity contribution in [1.82, 2.24) is 0 Å². The predicted octanol–water partition coefficient (Wildman–Crippen LogP) is 4.71. The van der Waals surface area contributed by atoms with Crippen LogP contribution in [-0.4, -0.2) is 53.9 Å². The Labute approximate surface area is 271 Å². The largest absolute Gasteiger partial charge is 0.496 e. The van der Waals surface area contributed by atoms with Crippen molar-refractivity contribution in [1.29, 1.82) is 0 Å². The molecule has 12 heteroatoms. The number of rotatable bonds is 5. The van der Waals surface area contributed by atoms with Crippen LogP contribution < -0.4 is 15.1 Å². The number of hydrogen-bond acceptors (Lipinski definition) is 12. The van der Waals surface area contributed by atoms with E-state index < -0.39 is 80.2 Å². The van der Waals surface area contributed by atoms with E-state index in [1.54, 1.807) is 47.6 Å². The zero-order valence-electron chi connectivity index (χ0n) is 28.1. The summed E-state index contributed by atoms with van der Waals surface area (Å²) >= 11 is 0. The molecule has 12 nitrogen and oxygen atoms in total. The second-order valence-electron chi connectivity index (χ2n) is 15.7. The fraction of sp³-hybridized carbons (Fsp3) is 0.629. The first-order valence-electron chi connectivity index (χ1n) is 16.0. The minimum atomic E-state index is -1.62. The third kappa shape index (κ3) is 3.51. The van der Waals surface area contributed by atoms with Crippen LogP contribution in [0.5, 0.6) is 11.5 Å². The zero-order valence-corrected chi connectivity index (χ0v) is 28.1. The highest BCUT2D eigenvalue weighted by Crippen LogP contribution is 2.67. The Hall–Kier alpha value is -4.09. The molecule has 4 bridgehead atoms. The maximum absolute atomic E-state index is 14.5. The molecule has 2 aliphatic carbocycles. The molecule has 4 heterocycles. The number of hydrogen-bond donors (Lipinski definition) is 0. The number of esters is 4. The molecule has 47 heavy (non-hydrogen) atoms. The van der Waals surface area contributed by atoms with Crippen molar-refractivity contribution < 1.29 is 52.0 Å². The smallest absolute Gasteiger partial charge is 0.351 e. The van der Waals surface area contributed by atoms with Gasteiger partial charge in [0, 0.05) is 23.0 Å². The van der Waals surface area contributed by atoms with Crippen LogP contribution in [0.4, 0.5) is 0 Å². The van der Waals surface area contributed by atoms with Crippen LogP contribution in [0.1, 0.15) is 92.7 Å². The summed E-state index contributed by atoms with van der Waals surface area (Å²) in [5, 5.41) is 0.385. The topological polar surface area (TPSA) is 154 Å². The molecule has 6 atom stereocenters. The second kappa shape index (κ2) is 9.08. The van der Waals surface area contributed by atoms with Gasteiger partial charge in [0.1, 0.15) is 17.1 Å². The standard InChI is InChI=1S/C35H40O12/c1-29(2)24(44-28(40)35-15-13-33(8,26(38)47-35)31(35,5)6)23(43-27(39)34-14-12-32(7,25(37)46-34)30(34,3)4)21-19(45-29)16-18(41-9)17-10-11-20(36)42-22(17)21/h10-11,16,23-24H,12-15H2,1-9H3/t23-,24-,32?,33?,34?,35?/m1/s1. The van der Waals surface area contributed by atoms with Crippen LogP contribution in [0.3, 0.4) is 0 Å². The summed E-state index contributed by atoms with van der Waals surface area (Å²) in [4.78, 5) is 67.5. The molecule has 0 radical (unpaired) electrons. The van der Waals surface area contributed by atoms with Gasteiger partial charge in [-0.3, -0.25) is 9.59 Å². The SMILES string of the molecule is COc1cc2c(c3oc(=O)ccc13)[C@@H](OC(=O)C13CCC(C)(C(=O)O1)C3(C)C)[C@@H](OC(=O)C13CCC(C)(C(=O)O1)C3(C)C)C(C)(C)O2. The highest BCUT2D eigenvalue weighted by atomic mass is 16.7. The molecule has 4 unspecified atom stereocenters. The number of benzene rings is 1. The molecular formula is C35H40O12. The van der Waals surface area contributed by atoms with E-state index in [-0.39, 0.29) is 29.7 Å². The van der Waals surface area contributed by atoms with E-state index in [1.807, 2.05) is 13.8 Å². The summed E-state index contributed by atoms with van der Waals surface area (Å²) in [6.45, 7) is 14.1. The molecule has 2 saturated carbocycles. The highest BCUT2D eigenvalue weighted by Gasteiger charge is 2.78. The molecule has 1 aromatic heterocycles. The number of ether oxygens (including phenoxy) is 6. The molecule has 3 aliphatic heterocycles. The van der Waals surface area contributed by atoms with Crippen molar-refractivity contribution in [3.8, 4) is 11.5 Å². The Morgan fingerprint density at radius 1 is 0.745 bits per heavy atom. The van der Waals surface area contributed by atoms with Crippen LogP contribution in [0.2, 0.25) is 0 Å². The Morgan fingerprint density at radius 3 is 1.74 bits per heavy atom. The molecule has 1 aromatic carbocycles. The number of carbonyl (C=O) groups excluding carboxylic acids is 4. The normalized spacial score (nSPS) is 36.7. The molecule has 0 amide bonds. The number of methoxy groups -OCH3 is 1. The van der Waals surface area contributed by atoms with Crippen LogP contribution in [-0.2, 0) is 38.1 Å². The lowest BCUT2D eigenvalue weighted by Crippen LogP contribution is -2.57. The molecular weight excluding hydrogens is 612 g/mol. The lowest BCUT2D eigenvalue weighted by atomic mass is 9.66. The highest BCUT2D eigenvalue weighted by molar-refractivity contribution is 5.95.